The fourth-order valence-corrected chi connectivity index (χ4v) is 4.82. The van der Waals surface area contributed by atoms with Gasteiger partial charge in [-0.05, 0) is 57.7 Å². The van der Waals surface area contributed by atoms with E-state index in [0.29, 0.717) is 5.92 Å². The molecule has 4 rings (SSSR count). The van der Waals surface area contributed by atoms with Gasteiger partial charge in [0.25, 0.3) is 0 Å². The summed E-state index contributed by atoms with van der Waals surface area (Å²) in [6.07, 6.45) is 0. The molecule has 1 heteroatoms. The standard InChI is InChI=1S/C26H28O/c1-16-7-8-19-14-20(10-9-18(19)13-16)24(27)21-11-12-22-23(15-21)26(5,6)17(2)25(22,3)4/h7-15,17H,1-6H3. The van der Waals surface area contributed by atoms with Crippen molar-refractivity contribution in [1.29, 1.82) is 0 Å². The third-order valence-electron chi connectivity index (χ3n) is 7.09. The third-order valence-corrected chi connectivity index (χ3v) is 7.09. The van der Waals surface area contributed by atoms with Crippen molar-refractivity contribution in [2.75, 3.05) is 0 Å². The second-order valence-corrected chi connectivity index (χ2v) is 9.32. The Balaban J connectivity index is 1.78. The van der Waals surface area contributed by atoms with Gasteiger partial charge in [0.2, 0.25) is 0 Å². The minimum atomic E-state index is 0.0655. The van der Waals surface area contributed by atoms with Crippen LogP contribution in [0.5, 0.6) is 0 Å². The van der Waals surface area contributed by atoms with Crippen molar-refractivity contribution < 1.29 is 4.79 Å². The molecule has 1 nitrogen and oxygen atoms in total. The highest BCUT2D eigenvalue weighted by Gasteiger charge is 2.48. The number of rotatable bonds is 2. The maximum absolute atomic E-state index is 13.2. The van der Waals surface area contributed by atoms with E-state index in [4.69, 9.17) is 0 Å². The summed E-state index contributed by atoms with van der Waals surface area (Å²) in [6, 6.07) is 18.7. The molecule has 1 aliphatic carbocycles. The van der Waals surface area contributed by atoms with Crippen LogP contribution in [0, 0.1) is 12.8 Å². The zero-order valence-electron chi connectivity index (χ0n) is 17.2. The first-order valence-corrected chi connectivity index (χ1v) is 9.82. The smallest absolute Gasteiger partial charge is 0.193 e. The van der Waals surface area contributed by atoms with Gasteiger partial charge in [-0.25, -0.2) is 0 Å². The lowest BCUT2D eigenvalue weighted by Crippen LogP contribution is -2.30. The maximum Gasteiger partial charge on any atom is 0.193 e. The van der Waals surface area contributed by atoms with Crippen LogP contribution in [0.4, 0.5) is 0 Å². The van der Waals surface area contributed by atoms with Crippen LogP contribution in [0.15, 0.2) is 54.6 Å². The summed E-state index contributed by atoms with van der Waals surface area (Å²) in [7, 11) is 0. The molecule has 138 valence electrons. The SMILES string of the molecule is Cc1ccc2cc(C(=O)c3ccc4c(c3)C(C)(C)C(C)C4(C)C)ccc2c1. The number of benzene rings is 3. The first-order valence-electron chi connectivity index (χ1n) is 9.82. The summed E-state index contributed by atoms with van der Waals surface area (Å²) in [5.41, 5.74) is 5.68. The highest BCUT2D eigenvalue weighted by Crippen LogP contribution is 2.53. The summed E-state index contributed by atoms with van der Waals surface area (Å²) >= 11 is 0. The van der Waals surface area contributed by atoms with E-state index in [0.717, 1.165) is 16.5 Å². The summed E-state index contributed by atoms with van der Waals surface area (Å²) in [6.45, 7) is 13.7. The molecular weight excluding hydrogens is 328 g/mol. The monoisotopic (exact) mass is 356 g/mol. The van der Waals surface area contributed by atoms with Crippen molar-refractivity contribution in [2.45, 2.75) is 52.4 Å². The van der Waals surface area contributed by atoms with E-state index in [1.54, 1.807) is 0 Å². The fraction of sp³-hybridized carbons (Fsp3) is 0.346. The second-order valence-electron chi connectivity index (χ2n) is 9.32. The van der Waals surface area contributed by atoms with E-state index in [-0.39, 0.29) is 16.6 Å². The van der Waals surface area contributed by atoms with E-state index in [2.05, 4.69) is 77.9 Å². The van der Waals surface area contributed by atoms with Gasteiger partial charge in [0.1, 0.15) is 0 Å². The molecule has 0 spiro atoms. The van der Waals surface area contributed by atoms with Crippen molar-refractivity contribution in [2.24, 2.45) is 5.92 Å². The van der Waals surface area contributed by atoms with Crippen molar-refractivity contribution in [3.8, 4) is 0 Å². The average molecular weight is 357 g/mol. The molecule has 3 aromatic rings. The maximum atomic E-state index is 13.2. The van der Waals surface area contributed by atoms with Gasteiger partial charge in [-0.1, -0.05) is 82.6 Å². The molecule has 1 atom stereocenters. The van der Waals surface area contributed by atoms with E-state index in [1.807, 2.05) is 18.2 Å². The second kappa shape index (κ2) is 5.79. The van der Waals surface area contributed by atoms with Gasteiger partial charge in [0, 0.05) is 11.1 Å². The zero-order chi connectivity index (χ0) is 19.6. The highest BCUT2D eigenvalue weighted by molar-refractivity contribution is 6.10. The Morgan fingerprint density at radius 3 is 2.04 bits per heavy atom. The molecule has 0 radical (unpaired) electrons. The van der Waals surface area contributed by atoms with Crippen molar-refractivity contribution in [1.82, 2.24) is 0 Å². The van der Waals surface area contributed by atoms with E-state index in [9.17, 15) is 4.79 Å². The van der Waals surface area contributed by atoms with Gasteiger partial charge in [0.05, 0.1) is 0 Å². The molecular formula is C26H28O. The number of hydrogen-bond donors (Lipinski definition) is 0. The van der Waals surface area contributed by atoms with Crippen molar-refractivity contribution >= 4 is 16.6 Å². The molecule has 0 aromatic heterocycles. The Bertz CT molecular complexity index is 1070. The number of fused-ring (bicyclic) bond motifs is 2. The van der Waals surface area contributed by atoms with Gasteiger partial charge in [0.15, 0.2) is 5.78 Å². The quantitative estimate of drug-likeness (QED) is 0.474. The summed E-state index contributed by atoms with van der Waals surface area (Å²) in [4.78, 5) is 13.2. The van der Waals surface area contributed by atoms with Gasteiger partial charge in [-0.15, -0.1) is 0 Å². The largest absolute Gasteiger partial charge is 0.289 e. The Kier molecular flexibility index (Phi) is 3.86. The molecule has 1 aliphatic rings. The van der Waals surface area contributed by atoms with Crippen molar-refractivity contribution in [3.05, 3.63) is 82.4 Å². The average Bonchev–Trinajstić information content (AvgIpc) is 2.78. The minimum absolute atomic E-state index is 0.0655. The molecule has 0 aliphatic heterocycles. The van der Waals surface area contributed by atoms with E-state index >= 15 is 0 Å². The molecule has 0 saturated carbocycles. The Morgan fingerprint density at radius 2 is 1.30 bits per heavy atom. The number of ketones is 1. The minimum Gasteiger partial charge on any atom is -0.289 e. The molecule has 3 aromatic carbocycles. The molecule has 0 heterocycles. The van der Waals surface area contributed by atoms with Crippen LogP contribution in [0.1, 0.15) is 67.2 Å². The molecule has 0 amide bonds. The van der Waals surface area contributed by atoms with Gasteiger partial charge >= 0.3 is 0 Å². The molecule has 0 N–H and O–H groups in total. The predicted molar refractivity (Wildman–Crippen MR) is 114 cm³/mol. The lowest BCUT2D eigenvalue weighted by molar-refractivity contribution is 0.103. The van der Waals surface area contributed by atoms with Gasteiger partial charge in [-0.3, -0.25) is 4.79 Å². The van der Waals surface area contributed by atoms with Gasteiger partial charge in [-0.2, -0.15) is 0 Å². The Morgan fingerprint density at radius 1 is 0.741 bits per heavy atom. The van der Waals surface area contributed by atoms with Crippen LogP contribution >= 0.6 is 0 Å². The van der Waals surface area contributed by atoms with Crippen LogP contribution in [0.3, 0.4) is 0 Å². The van der Waals surface area contributed by atoms with Crippen LogP contribution < -0.4 is 0 Å². The molecule has 0 saturated heterocycles. The Labute approximate surface area is 162 Å². The molecule has 27 heavy (non-hydrogen) atoms. The molecule has 1 unspecified atom stereocenters. The van der Waals surface area contributed by atoms with Crippen LogP contribution in [-0.4, -0.2) is 5.78 Å². The zero-order valence-corrected chi connectivity index (χ0v) is 17.2. The Hall–Kier alpha value is -2.41. The summed E-state index contributed by atoms with van der Waals surface area (Å²) < 4.78 is 0. The number of carbonyl (C=O) groups excluding carboxylic acids is 1. The third kappa shape index (κ3) is 2.64. The van der Waals surface area contributed by atoms with E-state index in [1.165, 1.54) is 22.1 Å². The van der Waals surface area contributed by atoms with E-state index < -0.39 is 0 Å². The van der Waals surface area contributed by atoms with Crippen molar-refractivity contribution in [3.63, 3.8) is 0 Å². The lowest BCUT2D eigenvalue weighted by Gasteiger charge is -2.32. The summed E-state index contributed by atoms with van der Waals surface area (Å²) in [5, 5.41) is 2.29. The van der Waals surface area contributed by atoms with Crippen LogP contribution in [-0.2, 0) is 10.8 Å². The lowest BCUT2D eigenvalue weighted by atomic mass is 9.71. The highest BCUT2D eigenvalue weighted by atomic mass is 16.1. The number of carbonyl (C=O) groups is 1. The summed E-state index contributed by atoms with van der Waals surface area (Å²) in [5.74, 6) is 0.627. The fourth-order valence-electron chi connectivity index (χ4n) is 4.82. The first-order chi connectivity index (χ1) is 12.6. The number of aryl methyl sites for hydroxylation is 1. The van der Waals surface area contributed by atoms with Crippen LogP contribution in [0.2, 0.25) is 0 Å². The van der Waals surface area contributed by atoms with Gasteiger partial charge < -0.3 is 0 Å². The normalized spacial score (nSPS) is 19.9. The van der Waals surface area contributed by atoms with Crippen LogP contribution in [0.25, 0.3) is 10.8 Å². The first kappa shape index (κ1) is 18.0. The predicted octanol–water partition coefficient (Wildman–Crippen LogP) is 6.58. The molecule has 0 fully saturated rings. The topological polar surface area (TPSA) is 17.1 Å². The number of hydrogen-bond acceptors (Lipinski definition) is 1. The molecule has 0 bridgehead atoms.